The number of amides is 2. The van der Waals surface area contributed by atoms with Crippen molar-refractivity contribution in [1.82, 2.24) is 24.4 Å². The predicted octanol–water partition coefficient (Wildman–Crippen LogP) is 2.65. The third kappa shape index (κ3) is 5.19. The Morgan fingerprint density at radius 2 is 2.03 bits per heavy atom. The Balaban J connectivity index is 1.84. The van der Waals surface area contributed by atoms with Gasteiger partial charge in [-0.1, -0.05) is 13.3 Å². The Kier molecular flexibility index (Phi) is 6.89. The summed E-state index contributed by atoms with van der Waals surface area (Å²) in [6.07, 6.45) is 3.85. The summed E-state index contributed by atoms with van der Waals surface area (Å²) in [6, 6.07) is 7.09. The molecule has 9 nitrogen and oxygen atoms in total. The summed E-state index contributed by atoms with van der Waals surface area (Å²) < 4.78 is 36.0. The molecule has 2 N–H and O–H groups in total. The quantitative estimate of drug-likeness (QED) is 0.491. The number of benzene rings is 1. The highest BCUT2D eigenvalue weighted by molar-refractivity contribution is 7.90. The first-order valence-corrected chi connectivity index (χ1v) is 11.9. The van der Waals surface area contributed by atoms with E-state index < -0.39 is 16.1 Å². The highest BCUT2D eigenvalue weighted by atomic mass is 32.2. The second kappa shape index (κ2) is 9.42. The van der Waals surface area contributed by atoms with Crippen LogP contribution in [0.25, 0.3) is 16.7 Å². The van der Waals surface area contributed by atoms with Gasteiger partial charge < -0.3 is 14.6 Å². The standard InChI is InChI=1S/C21H29N5O4S/c1-5-6-11-22-21(27)24-31(28,29)13-10-18-15(2)23-25(3)20(18)26-12-9-16-7-8-17(30-4)14-19(16)26/h7-9,12,14H,5-6,10-11,13H2,1-4H3,(H2,22,24,27). The molecule has 0 unspecified atom stereocenters. The van der Waals surface area contributed by atoms with Gasteiger partial charge in [0.2, 0.25) is 10.0 Å². The molecule has 2 amide bonds. The average molecular weight is 448 g/mol. The number of carbonyl (C=O) groups is 1. The first-order valence-electron chi connectivity index (χ1n) is 10.2. The Morgan fingerprint density at radius 1 is 1.26 bits per heavy atom. The predicted molar refractivity (Wildman–Crippen MR) is 120 cm³/mol. The molecule has 0 atom stereocenters. The van der Waals surface area contributed by atoms with Crippen LogP contribution < -0.4 is 14.8 Å². The maximum atomic E-state index is 12.4. The number of fused-ring (bicyclic) bond motifs is 1. The van der Waals surface area contributed by atoms with Crippen molar-refractivity contribution in [3.8, 4) is 11.6 Å². The third-order valence-electron chi connectivity index (χ3n) is 5.13. The van der Waals surface area contributed by atoms with Crippen LogP contribution in [0.5, 0.6) is 5.75 Å². The van der Waals surface area contributed by atoms with Crippen LogP contribution in [0.4, 0.5) is 4.79 Å². The molecule has 0 bridgehead atoms. The Labute approximate surface area is 182 Å². The van der Waals surface area contributed by atoms with Gasteiger partial charge in [0.25, 0.3) is 0 Å². The fourth-order valence-electron chi connectivity index (χ4n) is 3.55. The number of aromatic nitrogens is 3. The minimum Gasteiger partial charge on any atom is -0.497 e. The van der Waals surface area contributed by atoms with E-state index in [0.717, 1.165) is 46.6 Å². The number of aryl methyl sites for hydroxylation is 2. The zero-order valence-corrected chi connectivity index (χ0v) is 19.1. The third-order valence-corrected chi connectivity index (χ3v) is 6.36. The average Bonchev–Trinajstić information content (AvgIpc) is 3.25. The molecule has 0 radical (unpaired) electrons. The van der Waals surface area contributed by atoms with Crippen molar-refractivity contribution < 1.29 is 17.9 Å². The second-order valence-electron chi connectivity index (χ2n) is 7.40. The van der Waals surface area contributed by atoms with Crippen LogP contribution in [0.3, 0.4) is 0 Å². The molecule has 168 valence electrons. The molecule has 3 aromatic rings. The molecule has 0 aliphatic carbocycles. The number of carbonyl (C=O) groups excluding carboxylic acids is 1. The summed E-state index contributed by atoms with van der Waals surface area (Å²) >= 11 is 0. The van der Waals surface area contributed by atoms with Gasteiger partial charge in [0.1, 0.15) is 11.6 Å². The highest BCUT2D eigenvalue weighted by Gasteiger charge is 2.21. The number of methoxy groups -OCH3 is 1. The Hall–Kier alpha value is -3.01. The molecular formula is C21H29N5O4S. The first kappa shape index (κ1) is 22.7. The van der Waals surface area contributed by atoms with Crippen LogP contribution in [-0.2, 0) is 23.5 Å². The van der Waals surface area contributed by atoms with E-state index in [-0.39, 0.29) is 12.2 Å². The van der Waals surface area contributed by atoms with Crippen LogP contribution in [0.15, 0.2) is 30.5 Å². The number of nitrogens with zero attached hydrogens (tertiary/aromatic N) is 3. The number of nitrogens with one attached hydrogen (secondary N) is 2. The van der Waals surface area contributed by atoms with Crippen LogP contribution in [0.2, 0.25) is 0 Å². The van der Waals surface area contributed by atoms with Gasteiger partial charge in [0.15, 0.2) is 0 Å². The van der Waals surface area contributed by atoms with Gasteiger partial charge in [-0.15, -0.1) is 0 Å². The molecule has 0 spiro atoms. The minimum atomic E-state index is -3.79. The smallest absolute Gasteiger partial charge is 0.328 e. The maximum Gasteiger partial charge on any atom is 0.328 e. The lowest BCUT2D eigenvalue weighted by Crippen LogP contribution is -2.41. The molecule has 2 aromatic heterocycles. The van der Waals surface area contributed by atoms with Gasteiger partial charge in [-0.25, -0.2) is 17.9 Å². The number of ether oxygens (including phenoxy) is 1. The largest absolute Gasteiger partial charge is 0.497 e. The first-order chi connectivity index (χ1) is 14.8. The van der Waals surface area contributed by atoms with Gasteiger partial charge in [0.05, 0.1) is 24.1 Å². The topological polar surface area (TPSA) is 107 Å². The van der Waals surface area contributed by atoms with Gasteiger partial charge in [-0.05, 0) is 38.0 Å². The second-order valence-corrected chi connectivity index (χ2v) is 9.24. The number of unbranched alkanes of at least 4 members (excludes halogenated alkanes) is 1. The maximum absolute atomic E-state index is 12.4. The Bertz CT molecular complexity index is 1180. The molecule has 3 rings (SSSR count). The van der Waals surface area contributed by atoms with E-state index in [1.165, 1.54) is 0 Å². The van der Waals surface area contributed by atoms with E-state index in [1.54, 1.807) is 11.8 Å². The monoisotopic (exact) mass is 447 g/mol. The highest BCUT2D eigenvalue weighted by Crippen LogP contribution is 2.27. The molecule has 0 fully saturated rings. The summed E-state index contributed by atoms with van der Waals surface area (Å²) in [5.41, 5.74) is 2.48. The number of hydrogen-bond donors (Lipinski definition) is 2. The Morgan fingerprint density at radius 3 is 2.74 bits per heavy atom. The van der Waals surface area contributed by atoms with Crippen LogP contribution in [0.1, 0.15) is 31.0 Å². The van der Waals surface area contributed by atoms with E-state index >= 15 is 0 Å². The normalized spacial score (nSPS) is 11.6. The van der Waals surface area contributed by atoms with E-state index in [0.29, 0.717) is 6.54 Å². The molecule has 10 heteroatoms. The van der Waals surface area contributed by atoms with Gasteiger partial charge in [-0.2, -0.15) is 5.10 Å². The molecule has 0 aliphatic heterocycles. The van der Waals surface area contributed by atoms with Crippen LogP contribution >= 0.6 is 0 Å². The lowest BCUT2D eigenvalue weighted by molar-refractivity contribution is 0.245. The molecule has 0 aliphatic rings. The van der Waals surface area contributed by atoms with Crippen molar-refractivity contribution in [2.75, 3.05) is 19.4 Å². The molecule has 31 heavy (non-hydrogen) atoms. The summed E-state index contributed by atoms with van der Waals surface area (Å²) in [5.74, 6) is 1.29. The van der Waals surface area contributed by atoms with Gasteiger partial charge >= 0.3 is 6.03 Å². The van der Waals surface area contributed by atoms with Crippen molar-refractivity contribution in [3.63, 3.8) is 0 Å². The molecule has 1 aromatic carbocycles. The molecule has 0 saturated carbocycles. The van der Waals surface area contributed by atoms with Crippen LogP contribution in [0, 0.1) is 6.92 Å². The van der Waals surface area contributed by atoms with E-state index in [2.05, 4.69) is 15.1 Å². The SMILES string of the molecule is CCCCNC(=O)NS(=O)(=O)CCc1c(C)nn(C)c1-n1ccc2ccc(OC)cc21. The fraction of sp³-hybridized carbons (Fsp3) is 0.429. The van der Waals surface area contributed by atoms with E-state index in [4.69, 9.17) is 4.74 Å². The minimum absolute atomic E-state index is 0.218. The summed E-state index contributed by atoms with van der Waals surface area (Å²) in [6.45, 7) is 4.28. The lowest BCUT2D eigenvalue weighted by Gasteiger charge is -2.12. The van der Waals surface area contributed by atoms with Crippen molar-refractivity contribution in [2.45, 2.75) is 33.1 Å². The summed E-state index contributed by atoms with van der Waals surface area (Å²) in [4.78, 5) is 11.8. The van der Waals surface area contributed by atoms with Crippen molar-refractivity contribution in [3.05, 3.63) is 41.7 Å². The molecule has 0 saturated heterocycles. The lowest BCUT2D eigenvalue weighted by atomic mass is 10.2. The summed E-state index contributed by atoms with van der Waals surface area (Å²) in [5, 5.41) is 8.09. The molecular weight excluding hydrogens is 418 g/mol. The van der Waals surface area contributed by atoms with Gasteiger partial charge in [-0.3, -0.25) is 4.68 Å². The van der Waals surface area contributed by atoms with Crippen molar-refractivity contribution in [1.29, 1.82) is 0 Å². The van der Waals surface area contributed by atoms with E-state index in [9.17, 15) is 13.2 Å². The summed E-state index contributed by atoms with van der Waals surface area (Å²) in [7, 11) is -0.350. The fourth-order valence-corrected chi connectivity index (χ4v) is 4.48. The van der Waals surface area contributed by atoms with Crippen molar-refractivity contribution in [2.24, 2.45) is 7.05 Å². The van der Waals surface area contributed by atoms with Gasteiger partial charge in [0, 0.05) is 36.8 Å². The number of hydrogen-bond acceptors (Lipinski definition) is 5. The number of rotatable bonds is 9. The number of urea groups is 1. The van der Waals surface area contributed by atoms with Crippen LogP contribution in [-0.4, -0.2) is 48.2 Å². The van der Waals surface area contributed by atoms with Crippen molar-refractivity contribution >= 4 is 27.0 Å². The molecule has 2 heterocycles. The zero-order chi connectivity index (χ0) is 22.6. The zero-order valence-electron chi connectivity index (χ0n) is 18.3. The van der Waals surface area contributed by atoms with E-state index in [1.807, 2.05) is 55.9 Å². The number of sulfonamides is 1.